The molecule has 0 aliphatic carbocycles. The number of nitrogens with one attached hydrogen (secondary N) is 1. The van der Waals surface area contributed by atoms with Crippen LogP contribution >= 0.6 is 11.6 Å². The number of rotatable bonds is 7. The van der Waals surface area contributed by atoms with Gasteiger partial charge < -0.3 is 19.7 Å². The predicted octanol–water partition coefficient (Wildman–Crippen LogP) is 3.71. The quantitative estimate of drug-likeness (QED) is 0.701. The molecule has 0 atom stereocenters. The van der Waals surface area contributed by atoms with Gasteiger partial charge in [0.05, 0.1) is 19.2 Å². The average Bonchev–Trinajstić information content (AvgIpc) is 2.79. The van der Waals surface area contributed by atoms with Crippen LogP contribution in [0.25, 0.3) is 0 Å². The number of nitrogens with zero attached hydrogens (tertiary/aromatic N) is 1. The molecule has 1 aliphatic rings. The van der Waals surface area contributed by atoms with Crippen molar-refractivity contribution in [2.45, 2.75) is 19.3 Å². The highest BCUT2D eigenvalue weighted by Gasteiger charge is 2.28. The van der Waals surface area contributed by atoms with Gasteiger partial charge in [-0.3, -0.25) is 9.59 Å². The van der Waals surface area contributed by atoms with Gasteiger partial charge >= 0.3 is 0 Å². The summed E-state index contributed by atoms with van der Waals surface area (Å²) in [5, 5.41) is 3.18. The Morgan fingerprint density at radius 3 is 2.52 bits per heavy atom. The van der Waals surface area contributed by atoms with E-state index >= 15 is 0 Å². The zero-order chi connectivity index (χ0) is 22.4. The van der Waals surface area contributed by atoms with E-state index in [2.05, 4.69) is 5.32 Å². The summed E-state index contributed by atoms with van der Waals surface area (Å²) in [5.41, 5.74) is 0.993. The lowest BCUT2D eigenvalue weighted by Gasteiger charge is -2.31. The molecule has 0 radical (unpaired) electrons. The molecule has 166 valence electrons. The van der Waals surface area contributed by atoms with E-state index in [-0.39, 0.29) is 23.5 Å². The van der Waals surface area contributed by atoms with Crippen LogP contribution in [0.5, 0.6) is 11.5 Å². The van der Waals surface area contributed by atoms with E-state index < -0.39 is 0 Å². The Bertz CT molecular complexity index is 945. The summed E-state index contributed by atoms with van der Waals surface area (Å²) in [5.74, 6) is 0.116. The van der Waals surface area contributed by atoms with E-state index in [1.54, 1.807) is 35.2 Å². The smallest absolute Gasteiger partial charge is 0.254 e. The minimum atomic E-state index is -0.265. The largest absolute Gasteiger partial charge is 0.493 e. The van der Waals surface area contributed by atoms with Crippen molar-refractivity contribution in [3.63, 3.8) is 0 Å². The second kappa shape index (κ2) is 10.5. The SMILES string of the molecule is COc1cc(C(=O)N2CCC(C(=O)NCCc3ccccc3F)CC2)cc(Cl)c1OC. The number of methoxy groups -OCH3 is 2. The Kier molecular flexibility index (Phi) is 7.74. The average molecular weight is 449 g/mol. The van der Waals surface area contributed by atoms with Crippen molar-refractivity contribution in [2.75, 3.05) is 33.9 Å². The highest BCUT2D eigenvalue weighted by Crippen LogP contribution is 2.36. The van der Waals surface area contributed by atoms with Crippen molar-refractivity contribution < 1.29 is 23.5 Å². The summed E-state index contributed by atoms with van der Waals surface area (Å²) < 4.78 is 24.1. The zero-order valence-electron chi connectivity index (χ0n) is 17.6. The van der Waals surface area contributed by atoms with Gasteiger partial charge in [-0.15, -0.1) is 0 Å². The molecule has 1 saturated heterocycles. The van der Waals surface area contributed by atoms with E-state index in [1.807, 2.05) is 0 Å². The third-order valence-electron chi connectivity index (χ3n) is 5.48. The second-order valence-electron chi connectivity index (χ2n) is 7.39. The summed E-state index contributed by atoms with van der Waals surface area (Å²) >= 11 is 6.21. The molecule has 0 unspecified atom stereocenters. The normalized spacial score (nSPS) is 14.3. The predicted molar refractivity (Wildman–Crippen MR) is 116 cm³/mol. The fourth-order valence-corrected chi connectivity index (χ4v) is 4.02. The molecule has 8 heteroatoms. The van der Waals surface area contributed by atoms with Crippen molar-refractivity contribution in [1.29, 1.82) is 0 Å². The fourth-order valence-electron chi connectivity index (χ4n) is 3.73. The van der Waals surface area contributed by atoms with Crippen molar-refractivity contribution in [3.8, 4) is 11.5 Å². The lowest BCUT2D eigenvalue weighted by molar-refractivity contribution is -0.126. The van der Waals surface area contributed by atoms with Crippen LogP contribution in [0.1, 0.15) is 28.8 Å². The number of benzene rings is 2. The lowest BCUT2D eigenvalue weighted by Crippen LogP contribution is -2.43. The summed E-state index contributed by atoms with van der Waals surface area (Å²) in [6.07, 6.45) is 1.58. The van der Waals surface area contributed by atoms with Crippen LogP contribution in [0.3, 0.4) is 0 Å². The monoisotopic (exact) mass is 448 g/mol. The molecular weight excluding hydrogens is 423 g/mol. The van der Waals surface area contributed by atoms with Crippen LogP contribution in [0, 0.1) is 11.7 Å². The summed E-state index contributed by atoms with van der Waals surface area (Å²) in [6, 6.07) is 9.71. The minimum absolute atomic E-state index is 0.0578. The summed E-state index contributed by atoms with van der Waals surface area (Å²) in [6.45, 7) is 1.31. The van der Waals surface area contributed by atoms with Gasteiger partial charge in [0.2, 0.25) is 5.91 Å². The number of hydrogen-bond donors (Lipinski definition) is 1. The maximum atomic E-state index is 13.7. The molecule has 3 rings (SSSR count). The Labute approximate surface area is 186 Å². The fraction of sp³-hybridized carbons (Fsp3) is 0.391. The van der Waals surface area contributed by atoms with Gasteiger partial charge in [0.1, 0.15) is 5.82 Å². The van der Waals surface area contributed by atoms with Crippen LogP contribution in [0.4, 0.5) is 4.39 Å². The first kappa shape index (κ1) is 22.9. The number of hydrogen-bond acceptors (Lipinski definition) is 4. The highest BCUT2D eigenvalue weighted by molar-refractivity contribution is 6.32. The van der Waals surface area contributed by atoms with Gasteiger partial charge in [0.25, 0.3) is 5.91 Å². The Hall–Kier alpha value is -2.80. The van der Waals surface area contributed by atoms with Crippen molar-refractivity contribution in [3.05, 3.63) is 58.4 Å². The molecule has 2 aromatic carbocycles. The van der Waals surface area contributed by atoms with Crippen LogP contribution in [0.2, 0.25) is 5.02 Å². The third kappa shape index (κ3) is 5.47. The molecule has 6 nitrogen and oxygen atoms in total. The molecule has 1 heterocycles. The van der Waals surface area contributed by atoms with E-state index in [0.717, 1.165) is 0 Å². The first-order valence-corrected chi connectivity index (χ1v) is 10.5. The van der Waals surface area contributed by atoms with Crippen molar-refractivity contribution >= 4 is 23.4 Å². The molecular formula is C23H26ClFN2O4. The Morgan fingerprint density at radius 1 is 1.16 bits per heavy atom. The summed E-state index contributed by atoms with van der Waals surface area (Å²) in [7, 11) is 2.97. The number of halogens is 2. The van der Waals surface area contributed by atoms with Gasteiger partial charge in [-0.2, -0.15) is 0 Å². The number of piperidine rings is 1. The van der Waals surface area contributed by atoms with Crippen LogP contribution < -0.4 is 14.8 Å². The molecule has 0 aromatic heterocycles. The molecule has 1 N–H and O–H groups in total. The molecule has 0 spiro atoms. The third-order valence-corrected chi connectivity index (χ3v) is 5.77. The van der Waals surface area contributed by atoms with Gasteiger partial charge in [-0.1, -0.05) is 29.8 Å². The highest BCUT2D eigenvalue weighted by atomic mass is 35.5. The molecule has 1 fully saturated rings. The molecule has 31 heavy (non-hydrogen) atoms. The standard InChI is InChI=1S/C23H26ClFN2O4/c1-30-20-14-17(13-18(24)21(20)31-2)23(29)27-11-8-16(9-12-27)22(28)26-10-7-15-5-3-4-6-19(15)25/h3-6,13-14,16H,7-12H2,1-2H3,(H,26,28). The molecule has 0 saturated carbocycles. The molecule has 2 aromatic rings. The Morgan fingerprint density at radius 2 is 1.87 bits per heavy atom. The van der Waals surface area contributed by atoms with Gasteiger partial charge in [-0.05, 0) is 43.0 Å². The maximum absolute atomic E-state index is 13.7. The van der Waals surface area contributed by atoms with E-state index in [1.165, 1.54) is 20.3 Å². The first-order chi connectivity index (χ1) is 14.9. The van der Waals surface area contributed by atoms with Crippen molar-refractivity contribution in [1.82, 2.24) is 10.2 Å². The topological polar surface area (TPSA) is 67.9 Å². The Balaban J connectivity index is 1.52. The maximum Gasteiger partial charge on any atom is 0.254 e. The van der Waals surface area contributed by atoms with E-state index in [4.69, 9.17) is 21.1 Å². The van der Waals surface area contributed by atoms with Crippen LogP contribution in [-0.4, -0.2) is 50.6 Å². The number of carbonyl (C=O) groups excluding carboxylic acids is 2. The second-order valence-corrected chi connectivity index (χ2v) is 7.80. The number of ether oxygens (including phenoxy) is 2. The van der Waals surface area contributed by atoms with Gasteiger partial charge in [0.15, 0.2) is 11.5 Å². The van der Waals surface area contributed by atoms with E-state index in [0.29, 0.717) is 66.5 Å². The molecule has 2 amide bonds. The lowest BCUT2D eigenvalue weighted by atomic mass is 9.95. The number of carbonyl (C=O) groups is 2. The van der Waals surface area contributed by atoms with Crippen LogP contribution in [0.15, 0.2) is 36.4 Å². The minimum Gasteiger partial charge on any atom is -0.493 e. The van der Waals surface area contributed by atoms with E-state index in [9.17, 15) is 14.0 Å². The number of amides is 2. The number of likely N-dealkylation sites (tertiary alicyclic amines) is 1. The molecule has 1 aliphatic heterocycles. The zero-order valence-corrected chi connectivity index (χ0v) is 18.4. The van der Waals surface area contributed by atoms with Gasteiger partial charge in [0, 0.05) is 31.1 Å². The van der Waals surface area contributed by atoms with Gasteiger partial charge in [-0.25, -0.2) is 4.39 Å². The van der Waals surface area contributed by atoms with Crippen LogP contribution in [-0.2, 0) is 11.2 Å². The first-order valence-electron chi connectivity index (χ1n) is 10.2. The molecule has 0 bridgehead atoms. The van der Waals surface area contributed by atoms with Crippen molar-refractivity contribution in [2.24, 2.45) is 5.92 Å². The summed E-state index contributed by atoms with van der Waals surface area (Å²) in [4.78, 5) is 27.1.